The van der Waals surface area contributed by atoms with Crippen molar-refractivity contribution < 1.29 is 9.59 Å². The van der Waals surface area contributed by atoms with E-state index in [0.29, 0.717) is 29.0 Å². The van der Waals surface area contributed by atoms with Crippen LogP contribution in [0.1, 0.15) is 48.9 Å². The van der Waals surface area contributed by atoms with E-state index in [9.17, 15) is 9.59 Å². The molecule has 5 heteroatoms. The Morgan fingerprint density at radius 1 is 1.12 bits per heavy atom. The van der Waals surface area contributed by atoms with E-state index in [1.807, 2.05) is 0 Å². The first kappa shape index (κ1) is 16.9. The third-order valence-corrected chi connectivity index (χ3v) is 6.34. The number of rotatable bonds is 3. The predicted octanol–water partition coefficient (Wildman–Crippen LogP) is 3.59. The Hall–Kier alpha value is -1.55. The standard InChI is InChI=1S/C20H25ClN2O2/c21-17-7-5-16(6-8-17)19(24)23-10-9-15-11-18(23)20(25)22(13-15)12-14-3-1-2-4-14/h5-8,14-15,18H,1-4,9-13H2/t15-,18+/m0/s1. The van der Waals surface area contributed by atoms with Crippen LogP contribution in [0.3, 0.4) is 0 Å². The van der Waals surface area contributed by atoms with Gasteiger partial charge in [-0.3, -0.25) is 9.59 Å². The number of likely N-dealkylation sites (tertiary alicyclic amines) is 2. The van der Waals surface area contributed by atoms with E-state index in [2.05, 4.69) is 4.90 Å². The van der Waals surface area contributed by atoms with E-state index in [-0.39, 0.29) is 17.9 Å². The molecule has 2 aliphatic heterocycles. The minimum absolute atomic E-state index is 0.0452. The van der Waals surface area contributed by atoms with Gasteiger partial charge in [0.15, 0.2) is 0 Å². The summed E-state index contributed by atoms with van der Waals surface area (Å²) in [4.78, 5) is 29.8. The molecule has 1 aliphatic carbocycles. The van der Waals surface area contributed by atoms with Crippen LogP contribution in [0.15, 0.2) is 24.3 Å². The molecule has 0 N–H and O–H groups in total. The van der Waals surface area contributed by atoms with Crippen molar-refractivity contribution in [1.29, 1.82) is 0 Å². The molecule has 2 amide bonds. The van der Waals surface area contributed by atoms with Crippen LogP contribution in [-0.4, -0.2) is 47.3 Å². The lowest BCUT2D eigenvalue weighted by molar-refractivity contribution is -0.144. The molecular formula is C20H25ClN2O2. The Kier molecular flexibility index (Phi) is 4.72. The number of amides is 2. The van der Waals surface area contributed by atoms with Gasteiger partial charge in [0.05, 0.1) is 0 Å². The lowest BCUT2D eigenvalue weighted by Gasteiger charge is -2.47. The lowest BCUT2D eigenvalue weighted by atomic mass is 9.85. The van der Waals surface area contributed by atoms with Gasteiger partial charge in [0.25, 0.3) is 5.91 Å². The van der Waals surface area contributed by atoms with E-state index in [1.165, 1.54) is 25.7 Å². The van der Waals surface area contributed by atoms with E-state index in [0.717, 1.165) is 25.9 Å². The Morgan fingerprint density at radius 2 is 1.84 bits per heavy atom. The highest BCUT2D eigenvalue weighted by Gasteiger charge is 2.43. The fraction of sp³-hybridized carbons (Fsp3) is 0.600. The molecular weight excluding hydrogens is 336 g/mol. The normalized spacial score (nSPS) is 27.0. The molecule has 25 heavy (non-hydrogen) atoms. The molecule has 3 aliphatic rings. The first-order valence-electron chi connectivity index (χ1n) is 9.47. The fourth-order valence-electron chi connectivity index (χ4n) is 4.72. The van der Waals surface area contributed by atoms with Crippen molar-refractivity contribution in [3.05, 3.63) is 34.9 Å². The largest absolute Gasteiger partial charge is 0.340 e. The summed E-state index contributed by atoms with van der Waals surface area (Å²) in [5, 5.41) is 0.617. The monoisotopic (exact) mass is 360 g/mol. The van der Waals surface area contributed by atoms with Gasteiger partial charge in [-0.05, 0) is 61.8 Å². The van der Waals surface area contributed by atoms with Crippen molar-refractivity contribution in [2.75, 3.05) is 19.6 Å². The predicted molar refractivity (Wildman–Crippen MR) is 97.5 cm³/mol. The second-order valence-electron chi connectivity index (χ2n) is 7.81. The SMILES string of the molecule is O=C1[C@H]2C[C@H](CCN2C(=O)c2ccc(Cl)cc2)CN1CC1CCCC1. The van der Waals surface area contributed by atoms with Crippen LogP contribution >= 0.6 is 11.6 Å². The molecule has 0 radical (unpaired) electrons. The van der Waals surface area contributed by atoms with Gasteiger partial charge in [-0.1, -0.05) is 24.4 Å². The van der Waals surface area contributed by atoms with Gasteiger partial charge in [0.2, 0.25) is 5.91 Å². The number of carbonyl (C=O) groups is 2. The number of hydrogen-bond donors (Lipinski definition) is 0. The van der Waals surface area contributed by atoms with Crippen molar-refractivity contribution in [2.24, 2.45) is 11.8 Å². The van der Waals surface area contributed by atoms with Crippen LogP contribution in [-0.2, 0) is 4.79 Å². The highest BCUT2D eigenvalue weighted by molar-refractivity contribution is 6.30. The molecule has 0 spiro atoms. The summed E-state index contributed by atoms with van der Waals surface area (Å²) in [7, 11) is 0. The first-order valence-corrected chi connectivity index (χ1v) is 9.85. The van der Waals surface area contributed by atoms with Gasteiger partial charge >= 0.3 is 0 Å². The number of carbonyl (C=O) groups excluding carboxylic acids is 2. The van der Waals surface area contributed by atoms with Crippen molar-refractivity contribution in [3.8, 4) is 0 Å². The van der Waals surface area contributed by atoms with Crippen LogP contribution in [0.4, 0.5) is 0 Å². The van der Waals surface area contributed by atoms with Gasteiger partial charge < -0.3 is 9.80 Å². The number of benzene rings is 1. The number of fused-ring (bicyclic) bond motifs is 2. The number of halogens is 1. The molecule has 2 heterocycles. The molecule has 134 valence electrons. The highest BCUT2D eigenvalue weighted by Crippen LogP contribution is 2.33. The molecule has 2 saturated heterocycles. The summed E-state index contributed by atoms with van der Waals surface area (Å²) in [6.45, 7) is 2.45. The van der Waals surface area contributed by atoms with Gasteiger partial charge in [-0.15, -0.1) is 0 Å². The summed E-state index contributed by atoms with van der Waals surface area (Å²) < 4.78 is 0. The van der Waals surface area contributed by atoms with Gasteiger partial charge in [0.1, 0.15) is 6.04 Å². The number of hydrogen-bond acceptors (Lipinski definition) is 2. The molecule has 0 unspecified atom stereocenters. The maximum Gasteiger partial charge on any atom is 0.254 e. The van der Waals surface area contributed by atoms with Crippen LogP contribution in [0, 0.1) is 11.8 Å². The van der Waals surface area contributed by atoms with E-state index in [1.54, 1.807) is 29.2 Å². The van der Waals surface area contributed by atoms with Crippen LogP contribution in [0.25, 0.3) is 0 Å². The number of nitrogens with zero attached hydrogens (tertiary/aromatic N) is 2. The second kappa shape index (κ2) is 6.99. The molecule has 4 nitrogen and oxygen atoms in total. The molecule has 1 aromatic carbocycles. The molecule has 2 bridgehead atoms. The molecule has 4 rings (SSSR count). The smallest absolute Gasteiger partial charge is 0.254 e. The van der Waals surface area contributed by atoms with Crippen molar-refractivity contribution in [2.45, 2.75) is 44.6 Å². The summed E-state index contributed by atoms with van der Waals surface area (Å²) >= 11 is 5.92. The van der Waals surface area contributed by atoms with Gasteiger partial charge in [-0.25, -0.2) is 0 Å². The minimum Gasteiger partial charge on any atom is -0.340 e. The maximum absolute atomic E-state index is 13.0. The Balaban J connectivity index is 1.50. The molecule has 2 atom stereocenters. The summed E-state index contributed by atoms with van der Waals surface area (Å²) in [6.07, 6.45) is 6.88. The summed E-state index contributed by atoms with van der Waals surface area (Å²) in [6, 6.07) is 6.69. The Bertz CT molecular complexity index is 654. The third-order valence-electron chi connectivity index (χ3n) is 6.09. The highest BCUT2D eigenvalue weighted by atomic mass is 35.5. The fourth-order valence-corrected chi connectivity index (χ4v) is 4.85. The average molecular weight is 361 g/mol. The van der Waals surface area contributed by atoms with Gasteiger partial charge in [-0.2, -0.15) is 0 Å². The topological polar surface area (TPSA) is 40.6 Å². The Labute approximate surface area is 154 Å². The molecule has 1 aromatic rings. The van der Waals surface area contributed by atoms with Crippen LogP contribution in [0.2, 0.25) is 5.02 Å². The number of piperidine rings is 2. The second-order valence-corrected chi connectivity index (χ2v) is 8.24. The lowest BCUT2D eigenvalue weighted by Crippen LogP contribution is -2.60. The van der Waals surface area contributed by atoms with Crippen LogP contribution in [0.5, 0.6) is 0 Å². The third kappa shape index (κ3) is 3.41. The summed E-state index contributed by atoms with van der Waals surface area (Å²) in [5.41, 5.74) is 0.614. The zero-order valence-electron chi connectivity index (χ0n) is 14.5. The zero-order chi connectivity index (χ0) is 17.4. The Morgan fingerprint density at radius 3 is 2.56 bits per heavy atom. The average Bonchev–Trinajstić information content (AvgIpc) is 3.13. The maximum atomic E-state index is 13.0. The van der Waals surface area contributed by atoms with Crippen LogP contribution < -0.4 is 0 Å². The summed E-state index contributed by atoms with van der Waals surface area (Å²) in [5.74, 6) is 1.31. The van der Waals surface area contributed by atoms with Crippen molar-refractivity contribution in [1.82, 2.24) is 9.80 Å². The molecule has 3 fully saturated rings. The van der Waals surface area contributed by atoms with Gasteiger partial charge in [0, 0.05) is 30.2 Å². The molecule has 0 aromatic heterocycles. The zero-order valence-corrected chi connectivity index (χ0v) is 15.3. The van der Waals surface area contributed by atoms with E-state index < -0.39 is 0 Å². The van der Waals surface area contributed by atoms with Crippen molar-refractivity contribution >= 4 is 23.4 Å². The van der Waals surface area contributed by atoms with E-state index in [4.69, 9.17) is 11.6 Å². The quantitative estimate of drug-likeness (QED) is 0.826. The molecule has 1 saturated carbocycles. The van der Waals surface area contributed by atoms with E-state index >= 15 is 0 Å². The minimum atomic E-state index is -0.280. The first-order chi connectivity index (χ1) is 12.1. The van der Waals surface area contributed by atoms with Crippen molar-refractivity contribution in [3.63, 3.8) is 0 Å².